The van der Waals surface area contributed by atoms with Crippen LogP contribution in [0.3, 0.4) is 0 Å². The molecule has 0 fully saturated rings. The number of aromatic nitrogens is 1. The van der Waals surface area contributed by atoms with Crippen molar-refractivity contribution in [2.75, 3.05) is 6.54 Å². The van der Waals surface area contributed by atoms with E-state index in [1.807, 2.05) is 0 Å². The van der Waals surface area contributed by atoms with Gasteiger partial charge >= 0.3 is 0 Å². The summed E-state index contributed by atoms with van der Waals surface area (Å²) in [6.45, 7) is 7.29. The average Bonchev–Trinajstić information content (AvgIpc) is 2.14. The van der Waals surface area contributed by atoms with Gasteiger partial charge in [0, 0.05) is 16.8 Å². The fourth-order valence-electron chi connectivity index (χ4n) is 1.32. The van der Waals surface area contributed by atoms with Crippen molar-refractivity contribution < 1.29 is 0 Å². The number of nitrogens with zero attached hydrogens (tertiary/aromatic N) is 1. The highest BCUT2D eigenvalue weighted by Gasteiger charge is 2.14. The lowest BCUT2D eigenvalue weighted by Gasteiger charge is -2.18. The summed E-state index contributed by atoms with van der Waals surface area (Å²) in [7, 11) is 0. The van der Waals surface area contributed by atoms with Gasteiger partial charge in [0.05, 0.1) is 0 Å². The van der Waals surface area contributed by atoms with Gasteiger partial charge < -0.3 is 5.73 Å². The Balaban J connectivity index is 2.79. The summed E-state index contributed by atoms with van der Waals surface area (Å²) in [5.41, 5.74) is 7.92. The predicted octanol–water partition coefficient (Wildman–Crippen LogP) is 2.27. The SMILES string of the molecule is CC(C)(C)c1cccc(CCCN)n1. The molecule has 2 nitrogen and oxygen atoms in total. The van der Waals surface area contributed by atoms with Crippen LogP contribution in [0.25, 0.3) is 0 Å². The van der Waals surface area contributed by atoms with Crippen molar-refractivity contribution in [1.82, 2.24) is 4.98 Å². The molecule has 1 heterocycles. The molecule has 1 aromatic heterocycles. The summed E-state index contributed by atoms with van der Waals surface area (Å²) in [6, 6.07) is 6.25. The summed E-state index contributed by atoms with van der Waals surface area (Å²) in [5.74, 6) is 0. The monoisotopic (exact) mass is 192 g/mol. The Labute approximate surface area is 86.5 Å². The zero-order valence-electron chi connectivity index (χ0n) is 9.38. The molecule has 0 amide bonds. The lowest BCUT2D eigenvalue weighted by atomic mass is 9.91. The van der Waals surface area contributed by atoms with Crippen LogP contribution in [0.2, 0.25) is 0 Å². The van der Waals surface area contributed by atoms with Crippen LogP contribution in [0.4, 0.5) is 0 Å². The Bertz CT molecular complexity index is 287. The first-order valence-corrected chi connectivity index (χ1v) is 5.20. The molecule has 0 saturated heterocycles. The Morgan fingerprint density at radius 1 is 1.29 bits per heavy atom. The third kappa shape index (κ3) is 3.11. The van der Waals surface area contributed by atoms with Crippen LogP contribution in [0.1, 0.15) is 38.6 Å². The van der Waals surface area contributed by atoms with Crippen LogP contribution in [0.5, 0.6) is 0 Å². The van der Waals surface area contributed by atoms with Gasteiger partial charge in [-0.3, -0.25) is 4.98 Å². The van der Waals surface area contributed by atoms with Crippen LogP contribution in [0, 0.1) is 0 Å². The molecule has 0 atom stereocenters. The maximum atomic E-state index is 5.47. The molecule has 1 aromatic rings. The molecule has 0 spiro atoms. The molecule has 2 heteroatoms. The van der Waals surface area contributed by atoms with Crippen LogP contribution in [-0.4, -0.2) is 11.5 Å². The number of rotatable bonds is 3. The van der Waals surface area contributed by atoms with Gasteiger partial charge in [-0.2, -0.15) is 0 Å². The topological polar surface area (TPSA) is 38.9 Å². The lowest BCUT2D eigenvalue weighted by molar-refractivity contribution is 0.564. The normalized spacial score (nSPS) is 11.7. The lowest BCUT2D eigenvalue weighted by Crippen LogP contribution is -2.14. The maximum absolute atomic E-state index is 5.47. The zero-order valence-corrected chi connectivity index (χ0v) is 9.38. The first-order valence-electron chi connectivity index (χ1n) is 5.20. The molecule has 0 aliphatic carbocycles. The van der Waals surface area contributed by atoms with E-state index < -0.39 is 0 Å². The number of pyridine rings is 1. The molecule has 78 valence electrons. The molecular weight excluding hydrogens is 172 g/mol. The van der Waals surface area contributed by atoms with Gasteiger partial charge in [-0.05, 0) is 31.5 Å². The van der Waals surface area contributed by atoms with Crippen LogP contribution < -0.4 is 5.73 Å². The molecular formula is C12H20N2. The Kier molecular flexibility index (Phi) is 3.64. The first-order chi connectivity index (χ1) is 6.54. The zero-order chi connectivity index (χ0) is 10.6. The van der Waals surface area contributed by atoms with E-state index in [9.17, 15) is 0 Å². The third-order valence-electron chi connectivity index (χ3n) is 2.21. The first kappa shape index (κ1) is 11.2. The molecule has 0 radical (unpaired) electrons. The van der Waals surface area contributed by atoms with Gasteiger partial charge in [0.1, 0.15) is 0 Å². The minimum absolute atomic E-state index is 0.138. The molecule has 1 rings (SSSR count). The number of hydrogen-bond acceptors (Lipinski definition) is 2. The van der Waals surface area contributed by atoms with Crippen LogP contribution >= 0.6 is 0 Å². The van der Waals surface area contributed by atoms with Crippen molar-refractivity contribution in [2.24, 2.45) is 5.73 Å². The highest BCUT2D eigenvalue weighted by atomic mass is 14.7. The van der Waals surface area contributed by atoms with Gasteiger partial charge in [0.25, 0.3) is 0 Å². The van der Waals surface area contributed by atoms with Gasteiger partial charge in [0.15, 0.2) is 0 Å². The summed E-state index contributed by atoms with van der Waals surface area (Å²) >= 11 is 0. The summed E-state index contributed by atoms with van der Waals surface area (Å²) in [4.78, 5) is 4.63. The van der Waals surface area contributed by atoms with E-state index in [1.165, 1.54) is 0 Å². The second kappa shape index (κ2) is 4.56. The van der Waals surface area contributed by atoms with Gasteiger partial charge in [-0.1, -0.05) is 26.8 Å². The minimum atomic E-state index is 0.138. The molecule has 0 aliphatic rings. The van der Waals surface area contributed by atoms with Crippen molar-refractivity contribution in [3.05, 3.63) is 29.6 Å². The highest BCUT2D eigenvalue weighted by Crippen LogP contribution is 2.19. The molecule has 2 N–H and O–H groups in total. The second-order valence-corrected chi connectivity index (χ2v) is 4.66. The van der Waals surface area contributed by atoms with Crippen molar-refractivity contribution >= 4 is 0 Å². The van der Waals surface area contributed by atoms with E-state index in [1.54, 1.807) is 0 Å². The molecule has 0 saturated carbocycles. The number of nitrogens with two attached hydrogens (primary N) is 1. The summed E-state index contributed by atoms with van der Waals surface area (Å²) in [5, 5.41) is 0. The van der Waals surface area contributed by atoms with E-state index in [0.29, 0.717) is 0 Å². The van der Waals surface area contributed by atoms with Crippen molar-refractivity contribution in [2.45, 2.75) is 39.0 Å². The van der Waals surface area contributed by atoms with E-state index in [4.69, 9.17) is 5.73 Å². The molecule has 0 unspecified atom stereocenters. The van der Waals surface area contributed by atoms with Crippen molar-refractivity contribution in [3.8, 4) is 0 Å². The van der Waals surface area contributed by atoms with Gasteiger partial charge in [-0.15, -0.1) is 0 Å². The Hall–Kier alpha value is -0.890. The number of hydrogen-bond donors (Lipinski definition) is 1. The molecule has 0 bridgehead atoms. The minimum Gasteiger partial charge on any atom is -0.330 e. The second-order valence-electron chi connectivity index (χ2n) is 4.66. The van der Waals surface area contributed by atoms with E-state index in [2.05, 4.69) is 44.0 Å². The number of aryl methyl sites for hydroxylation is 1. The highest BCUT2D eigenvalue weighted by molar-refractivity contribution is 5.17. The quantitative estimate of drug-likeness (QED) is 0.798. The third-order valence-corrected chi connectivity index (χ3v) is 2.21. The van der Waals surface area contributed by atoms with Crippen LogP contribution in [-0.2, 0) is 11.8 Å². The van der Waals surface area contributed by atoms with E-state index in [-0.39, 0.29) is 5.41 Å². The average molecular weight is 192 g/mol. The van der Waals surface area contributed by atoms with Crippen molar-refractivity contribution in [3.63, 3.8) is 0 Å². The van der Waals surface area contributed by atoms with Crippen LogP contribution in [0.15, 0.2) is 18.2 Å². The molecule has 0 aromatic carbocycles. The molecule has 14 heavy (non-hydrogen) atoms. The predicted molar refractivity (Wildman–Crippen MR) is 60.3 cm³/mol. The fourth-order valence-corrected chi connectivity index (χ4v) is 1.32. The maximum Gasteiger partial charge on any atom is 0.0460 e. The summed E-state index contributed by atoms with van der Waals surface area (Å²) < 4.78 is 0. The standard InChI is InChI=1S/C12H20N2/c1-12(2,3)11-8-4-6-10(14-11)7-5-9-13/h4,6,8H,5,7,9,13H2,1-3H3. The Morgan fingerprint density at radius 2 is 2.00 bits per heavy atom. The van der Waals surface area contributed by atoms with E-state index >= 15 is 0 Å². The molecule has 0 aliphatic heterocycles. The van der Waals surface area contributed by atoms with Gasteiger partial charge in [-0.25, -0.2) is 0 Å². The van der Waals surface area contributed by atoms with Crippen molar-refractivity contribution in [1.29, 1.82) is 0 Å². The largest absolute Gasteiger partial charge is 0.330 e. The Morgan fingerprint density at radius 3 is 2.57 bits per heavy atom. The fraction of sp³-hybridized carbons (Fsp3) is 0.583. The smallest absolute Gasteiger partial charge is 0.0460 e. The van der Waals surface area contributed by atoms with Gasteiger partial charge in [0.2, 0.25) is 0 Å². The van der Waals surface area contributed by atoms with E-state index in [0.717, 1.165) is 30.8 Å². The summed E-state index contributed by atoms with van der Waals surface area (Å²) in [6.07, 6.45) is 2.00.